The Morgan fingerprint density at radius 3 is 0.649 bits per heavy atom. The number of hydrogen-bond acceptors (Lipinski definition) is 6. The Morgan fingerprint density at radius 2 is 0.429 bits per heavy atom. The van der Waals surface area contributed by atoms with Crippen LogP contribution in [0.15, 0.2) is 24.3 Å². The number of unbranched alkanes of at least 4 members (excludes halogenated alkanes) is 50. The van der Waals surface area contributed by atoms with Gasteiger partial charge >= 0.3 is 17.9 Å². The number of allylic oxidation sites excluding steroid dienone is 4. The zero-order chi connectivity index (χ0) is 55.7. The Balaban J connectivity index is 4.28. The van der Waals surface area contributed by atoms with Crippen molar-refractivity contribution in [3.8, 4) is 0 Å². The van der Waals surface area contributed by atoms with Crippen LogP contribution in [0.1, 0.15) is 393 Å². The quantitative estimate of drug-likeness (QED) is 0.0261. The molecule has 0 saturated heterocycles. The third kappa shape index (κ3) is 64.6. The summed E-state index contributed by atoms with van der Waals surface area (Å²) in [5.74, 6) is -0.849. The smallest absolute Gasteiger partial charge is 0.306 e. The predicted octanol–water partition coefficient (Wildman–Crippen LogP) is 23.8. The molecule has 0 fully saturated rings. The topological polar surface area (TPSA) is 78.9 Å². The summed E-state index contributed by atoms with van der Waals surface area (Å²) in [6.45, 7) is 6.71. The van der Waals surface area contributed by atoms with E-state index in [1.807, 2.05) is 0 Å². The molecule has 0 aromatic rings. The van der Waals surface area contributed by atoms with Gasteiger partial charge in [0.15, 0.2) is 6.10 Å². The molecule has 0 radical (unpaired) electrons. The number of hydrogen-bond donors (Lipinski definition) is 0. The van der Waals surface area contributed by atoms with Crippen molar-refractivity contribution in [2.45, 2.75) is 399 Å². The van der Waals surface area contributed by atoms with Crippen LogP contribution in [-0.2, 0) is 28.6 Å². The fourth-order valence-electron chi connectivity index (χ4n) is 10.7. The lowest BCUT2D eigenvalue weighted by Gasteiger charge is -2.18. The minimum atomic E-state index is -0.774. The Bertz CT molecular complexity index is 1240. The molecular formula is C71H134O6. The molecule has 0 spiro atoms. The fraction of sp³-hybridized carbons (Fsp3) is 0.901. The van der Waals surface area contributed by atoms with Crippen molar-refractivity contribution in [1.29, 1.82) is 0 Å². The lowest BCUT2D eigenvalue weighted by atomic mass is 10.0. The van der Waals surface area contributed by atoms with E-state index in [-0.39, 0.29) is 31.1 Å². The van der Waals surface area contributed by atoms with Crippen LogP contribution in [0.2, 0.25) is 0 Å². The third-order valence-electron chi connectivity index (χ3n) is 15.9. The van der Waals surface area contributed by atoms with Gasteiger partial charge in [0.1, 0.15) is 13.2 Å². The van der Waals surface area contributed by atoms with Crippen molar-refractivity contribution in [2.75, 3.05) is 13.2 Å². The monoisotopic (exact) mass is 1080 g/mol. The summed E-state index contributed by atoms with van der Waals surface area (Å²) in [6.07, 6.45) is 80.6. The first-order chi connectivity index (χ1) is 38.0. The van der Waals surface area contributed by atoms with E-state index in [1.165, 1.54) is 289 Å². The van der Waals surface area contributed by atoms with Crippen LogP contribution in [0.25, 0.3) is 0 Å². The molecule has 0 N–H and O–H groups in total. The van der Waals surface area contributed by atoms with Crippen LogP contribution < -0.4 is 0 Å². The first-order valence-electron chi connectivity index (χ1n) is 34.8. The highest BCUT2D eigenvalue weighted by Gasteiger charge is 2.19. The molecule has 1 atom stereocenters. The SMILES string of the molecule is CCCCCCCC/C=C\CCCCCCCC(=O)OCC(COC(=O)CCCCCCCCCCCCCCCCCCCCCCCCC)OC(=O)CCCCCCCCCCC/C=C\CCCCCCCCCC. The van der Waals surface area contributed by atoms with Gasteiger partial charge in [-0.25, -0.2) is 0 Å². The molecule has 6 heteroatoms. The van der Waals surface area contributed by atoms with E-state index < -0.39 is 6.10 Å². The molecule has 0 saturated carbocycles. The van der Waals surface area contributed by atoms with Gasteiger partial charge in [-0.1, -0.05) is 328 Å². The van der Waals surface area contributed by atoms with Crippen LogP contribution in [0, 0.1) is 0 Å². The second-order valence-electron chi connectivity index (χ2n) is 23.8. The molecule has 77 heavy (non-hydrogen) atoms. The molecule has 0 amide bonds. The van der Waals surface area contributed by atoms with Crippen molar-refractivity contribution in [2.24, 2.45) is 0 Å². The van der Waals surface area contributed by atoms with E-state index in [0.29, 0.717) is 19.3 Å². The van der Waals surface area contributed by atoms with Crippen molar-refractivity contribution >= 4 is 17.9 Å². The first kappa shape index (κ1) is 74.9. The van der Waals surface area contributed by atoms with E-state index in [9.17, 15) is 14.4 Å². The molecule has 6 nitrogen and oxygen atoms in total. The van der Waals surface area contributed by atoms with E-state index >= 15 is 0 Å². The molecule has 0 aromatic heterocycles. The van der Waals surface area contributed by atoms with Gasteiger partial charge in [-0.05, 0) is 70.6 Å². The second-order valence-corrected chi connectivity index (χ2v) is 23.8. The maximum atomic E-state index is 12.9. The van der Waals surface area contributed by atoms with Crippen LogP contribution in [0.3, 0.4) is 0 Å². The molecule has 0 rings (SSSR count). The Kier molecular flexibility index (Phi) is 64.6. The lowest BCUT2D eigenvalue weighted by Crippen LogP contribution is -2.30. The largest absolute Gasteiger partial charge is 0.462 e. The van der Waals surface area contributed by atoms with Gasteiger partial charge in [-0.2, -0.15) is 0 Å². The van der Waals surface area contributed by atoms with Gasteiger partial charge in [0.2, 0.25) is 0 Å². The highest BCUT2D eigenvalue weighted by atomic mass is 16.6. The maximum Gasteiger partial charge on any atom is 0.306 e. The molecule has 0 aliphatic heterocycles. The second kappa shape index (κ2) is 66.4. The summed E-state index contributed by atoms with van der Waals surface area (Å²) >= 11 is 0. The van der Waals surface area contributed by atoms with Gasteiger partial charge in [-0.3, -0.25) is 14.4 Å². The Hall–Kier alpha value is -2.11. The first-order valence-corrected chi connectivity index (χ1v) is 34.8. The van der Waals surface area contributed by atoms with Crippen LogP contribution in [0.4, 0.5) is 0 Å². The van der Waals surface area contributed by atoms with E-state index in [1.54, 1.807) is 0 Å². The Labute approximate surface area is 481 Å². The molecule has 0 heterocycles. The van der Waals surface area contributed by atoms with Gasteiger partial charge in [0, 0.05) is 19.3 Å². The average Bonchev–Trinajstić information content (AvgIpc) is 3.43. The summed E-state index contributed by atoms with van der Waals surface area (Å²) in [7, 11) is 0. The zero-order valence-corrected chi connectivity index (χ0v) is 52.3. The Morgan fingerprint density at radius 1 is 0.247 bits per heavy atom. The van der Waals surface area contributed by atoms with Crippen molar-refractivity contribution < 1.29 is 28.6 Å². The van der Waals surface area contributed by atoms with Gasteiger partial charge < -0.3 is 14.2 Å². The molecular weight excluding hydrogens is 949 g/mol. The van der Waals surface area contributed by atoms with Crippen LogP contribution in [-0.4, -0.2) is 37.2 Å². The fourth-order valence-corrected chi connectivity index (χ4v) is 10.7. The highest BCUT2D eigenvalue weighted by Crippen LogP contribution is 2.18. The van der Waals surface area contributed by atoms with E-state index in [4.69, 9.17) is 14.2 Å². The van der Waals surface area contributed by atoms with E-state index in [2.05, 4.69) is 45.1 Å². The number of rotatable bonds is 65. The molecule has 1 unspecified atom stereocenters. The van der Waals surface area contributed by atoms with Gasteiger partial charge in [0.05, 0.1) is 0 Å². The summed E-state index contributed by atoms with van der Waals surface area (Å²) in [5, 5.41) is 0. The standard InChI is InChI=1S/C71H134O6/c1-4-7-10-13-16-19-22-25-28-30-32-34-35-37-38-40-43-46-49-52-55-58-61-64-70(73)76-67-68(66-75-69(72)63-60-57-54-51-48-45-42-27-24-21-18-15-12-9-6-3)77-71(74)65-62-59-56-53-50-47-44-41-39-36-33-31-29-26-23-20-17-14-11-8-5-2/h27,31,33,42,68H,4-26,28-30,32,34-41,43-67H2,1-3H3/b33-31-,42-27-. The number of carbonyl (C=O) groups excluding carboxylic acids is 3. The molecule has 0 aliphatic rings. The third-order valence-corrected chi connectivity index (χ3v) is 15.9. The molecule has 454 valence electrons. The molecule has 0 bridgehead atoms. The minimum Gasteiger partial charge on any atom is -0.462 e. The summed E-state index contributed by atoms with van der Waals surface area (Å²) < 4.78 is 17.0. The van der Waals surface area contributed by atoms with Crippen molar-refractivity contribution in [3.05, 3.63) is 24.3 Å². The van der Waals surface area contributed by atoms with Crippen molar-refractivity contribution in [3.63, 3.8) is 0 Å². The number of esters is 3. The minimum absolute atomic E-state index is 0.0692. The van der Waals surface area contributed by atoms with Gasteiger partial charge in [0.25, 0.3) is 0 Å². The molecule has 0 aliphatic carbocycles. The maximum absolute atomic E-state index is 12.9. The summed E-state index contributed by atoms with van der Waals surface area (Å²) in [5.41, 5.74) is 0. The zero-order valence-electron chi connectivity index (χ0n) is 52.3. The number of ether oxygens (including phenoxy) is 3. The normalized spacial score (nSPS) is 12.1. The molecule has 0 aromatic carbocycles. The van der Waals surface area contributed by atoms with Crippen LogP contribution in [0.5, 0.6) is 0 Å². The van der Waals surface area contributed by atoms with Crippen molar-refractivity contribution in [1.82, 2.24) is 0 Å². The number of carbonyl (C=O) groups is 3. The highest BCUT2D eigenvalue weighted by molar-refractivity contribution is 5.71. The summed E-state index contributed by atoms with van der Waals surface area (Å²) in [6, 6.07) is 0. The van der Waals surface area contributed by atoms with Crippen LogP contribution >= 0.6 is 0 Å². The average molecular weight is 1080 g/mol. The lowest BCUT2D eigenvalue weighted by molar-refractivity contribution is -0.167. The van der Waals surface area contributed by atoms with E-state index in [0.717, 1.165) is 64.2 Å². The van der Waals surface area contributed by atoms with Gasteiger partial charge in [-0.15, -0.1) is 0 Å². The predicted molar refractivity (Wildman–Crippen MR) is 335 cm³/mol. The summed E-state index contributed by atoms with van der Waals surface area (Å²) in [4.78, 5) is 38.4.